The number of hydrogen-bond acceptors (Lipinski definition) is 6. The zero-order valence-electron chi connectivity index (χ0n) is 15.6. The Morgan fingerprint density at radius 1 is 1.33 bits per heavy atom. The summed E-state index contributed by atoms with van der Waals surface area (Å²) in [5, 5.41) is 5.35. The summed E-state index contributed by atoms with van der Waals surface area (Å²) in [5.41, 5.74) is 16.4. The van der Waals surface area contributed by atoms with Gasteiger partial charge in [-0.25, -0.2) is 0 Å². The van der Waals surface area contributed by atoms with Crippen LogP contribution in [0.3, 0.4) is 0 Å². The van der Waals surface area contributed by atoms with Gasteiger partial charge in [-0.1, -0.05) is 13.8 Å². The predicted octanol–water partition coefficient (Wildman–Crippen LogP) is -2.79. The van der Waals surface area contributed by atoms with E-state index in [1.807, 2.05) is 13.8 Å². The lowest BCUT2D eigenvalue weighted by Gasteiger charge is -2.32. The zero-order valence-corrected chi connectivity index (χ0v) is 15.6. The Morgan fingerprint density at radius 2 is 2.00 bits per heavy atom. The lowest BCUT2D eigenvalue weighted by molar-refractivity contribution is -0.142. The summed E-state index contributed by atoms with van der Waals surface area (Å²) in [6.07, 6.45) is -0.469. The molecule has 27 heavy (non-hydrogen) atoms. The number of amides is 4. The van der Waals surface area contributed by atoms with Crippen LogP contribution in [0.1, 0.15) is 26.7 Å². The fourth-order valence-corrected chi connectivity index (χ4v) is 4.66. The number of likely N-dealkylation sites (tertiary alicyclic amines) is 1. The first-order valence-corrected chi connectivity index (χ1v) is 9.24. The number of rotatable bonds is 6. The van der Waals surface area contributed by atoms with E-state index in [0.717, 1.165) is 0 Å². The van der Waals surface area contributed by atoms with Crippen LogP contribution in [0.5, 0.6) is 0 Å². The highest BCUT2D eigenvalue weighted by Crippen LogP contribution is 2.64. The molecule has 0 aromatic heterocycles. The Hall–Kier alpha value is -2.20. The van der Waals surface area contributed by atoms with Gasteiger partial charge in [-0.2, -0.15) is 0 Å². The lowest BCUT2D eigenvalue weighted by atomic mass is 9.96. The fraction of sp³-hybridized carbons (Fsp3) is 0.765. The number of piperidine rings is 1. The molecule has 0 aromatic carbocycles. The minimum atomic E-state index is -1.20. The number of nitrogens with zero attached hydrogens (tertiary/aromatic N) is 1. The number of hydrogen-bond donors (Lipinski definition) is 5. The molecular formula is C17H28N6O4. The molecule has 2 saturated heterocycles. The maximum Gasteiger partial charge on any atom is 0.254 e. The number of fused-ring (bicyclic) bond motifs is 1. The average Bonchev–Trinajstić information content (AvgIpc) is 2.96. The Morgan fingerprint density at radius 3 is 2.52 bits per heavy atom. The van der Waals surface area contributed by atoms with E-state index in [2.05, 4.69) is 10.6 Å². The van der Waals surface area contributed by atoms with Gasteiger partial charge in [-0.3, -0.25) is 19.2 Å². The Bertz CT molecular complexity index is 678. The van der Waals surface area contributed by atoms with Crippen LogP contribution >= 0.6 is 0 Å². The topological polar surface area (TPSA) is 174 Å². The summed E-state index contributed by atoms with van der Waals surface area (Å²) in [6, 6.07) is -1.72. The third kappa shape index (κ3) is 3.39. The van der Waals surface area contributed by atoms with E-state index in [0.29, 0.717) is 19.5 Å². The first-order valence-electron chi connectivity index (χ1n) is 9.24. The molecule has 2 aliphatic heterocycles. The van der Waals surface area contributed by atoms with Crippen molar-refractivity contribution < 1.29 is 19.2 Å². The fourth-order valence-electron chi connectivity index (χ4n) is 4.66. The van der Waals surface area contributed by atoms with Gasteiger partial charge < -0.3 is 32.7 Å². The number of carbonyl (C=O) groups is 4. The van der Waals surface area contributed by atoms with Gasteiger partial charge in [-0.15, -0.1) is 0 Å². The van der Waals surface area contributed by atoms with Crippen molar-refractivity contribution >= 4 is 23.6 Å². The van der Waals surface area contributed by atoms with Crippen molar-refractivity contribution in [3.05, 3.63) is 0 Å². The molecule has 0 spiro atoms. The van der Waals surface area contributed by atoms with E-state index >= 15 is 0 Å². The van der Waals surface area contributed by atoms with Crippen LogP contribution in [-0.4, -0.2) is 59.9 Å². The summed E-state index contributed by atoms with van der Waals surface area (Å²) in [4.78, 5) is 50.3. The van der Waals surface area contributed by atoms with E-state index in [9.17, 15) is 19.2 Å². The SMILES string of the molecule is CC1(C)[C@@H]2[C@@H](C(=O)N[C@@H](C[C@@H]3CCNC3=O)C(N)=O)N(C(=O)C(N)N)C[C@@H]21. The minimum absolute atomic E-state index is 0.0245. The Labute approximate surface area is 157 Å². The molecule has 0 bridgehead atoms. The van der Waals surface area contributed by atoms with Gasteiger partial charge in [0.05, 0.1) is 0 Å². The highest BCUT2D eigenvalue weighted by Gasteiger charge is 2.69. The molecule has 8 N–H and O–H groups in total. The van der Waals surface area contributed by atoms with Crippen molar-refractivity contribution in [2.75, 3.05) is 13.1 Å². The second-order valence-corrected chi connectivity index (χ2v) is 8.39. The molecule has 1 aliphatic carbocycles. The quantitative estimate of drug-likeness (QED) is 0.311. The normalized spacial score (nSPS) is 32.0. The monoisotopic (exact) mass is 380 g/mol. The molecule has 1 saturated carbocycles. The lowest BCUT2D eigenvalue weighted by Crippen LogP contribution is -2.58. The Kier molecular flexibility index (Phi) is 4.89. The van der Waals surface area contributed by atoms with Crippen molar-refractivity contribution in [3.63, 3.8) is 0 Å². The number of nitrogens with two attached hydrogens (primary N) is 3. The largest absolute Gasteiger partial charge is 0.368 e. The molecule has 10 nitrogen and oxygen atoms in total. The molecule has 0 unspecified atom stereocenters. The third-order valence-corrected chi connectivity index (χ3v) is 6.39. The summed E-state index contributed by atoms with van der Waals surface area (Å²) >= 11 is 0. The molecule has 3 rings (SSSR count). The molecule has 10 heteroatoms. The zero-order chi connectivity index (χ0) is 20.1. The van der Waals surface area contributed by atoms with Crippen molar-refractivity contribution in [2.45, 2.75) is 44.9 Å². The third-order valence-electron chi connectivity index (χ3n) is 6.39. The molecule has 150 valence electrons. The summed E-state index contributed by atoms with van der Waals surface area (Å²) in [6.45, 7) is 5.04. The molecule has 3 aliphatic rings. The van der Waals surface area contributed by atoms with E-state index in [4.69, 9.17) is 17.2 Å². The Balaban J connectivity index is 1.73. The highest BCUT2D eigenvalue weighted by atomic mass is 16.2. The van der Waals surface area contributed by atoms with E-state index < -0.39 is 36.0 Å². The van der Waals surface area contributed by atoms with Crippen LogP contribution in [0.2, 0.25) is 0 Å². The van der Waals surface area contributed by atoms with E-state index in [1.54, 1.807) is 0 Å². The van der Waals surface area contributed by atoms with Crippen molar-refractivity contribution in [1.29, 1.82) is 0 Å². The van der Waals surface area contributed by atoms with Crippen LogP contribution < -0.4 is 27.8 Å². The standard InChI is InChI=1S/C17H28N6O4/c1-17(2)8-6-23(16(27)12(18)19)11(10(8)17)15(26)22-9(13(20)24)5-7-3-4-21-14(7)25/h7-12H,3-6,18-19H2,1-2H3,(H2,20,24)(H,21,25)(H,22,26)/t7-,8-,9-,10-,11-/m0/s1. The number of primary amides is 1. The summed E-state index contributed by atoms with van der Waals surface area (Å²) in [5.74, 6) is -2.02. The van der Waals surface area contributed by atoms with Gasteiger partial charge in [0.1, 0.15) is 18.2 Å². The predicted molar refractivity (Wildman–Crippen MR) is 95.3 cm³/mol. The van der Waals surface area contributed by atoms with Crippen LogP contribution in [0.15, 0.2) is 0 Å². The average molecular weight is 380 g/mol. The minimum Gasteiger partial charge on any atom is -0.368 e. The van der Waals surface area contributed by atoms with Crippen LogP contribution in [0.4, 0.5) is 0 Å². The van der Waals surface area contributed by atoms with Crippen LogP contribution in [0.25, 0.3) is 0 Å². The van der Waals surface area contributed by atoms with Gasteiger partial charge >= 0.3 is 0 Å². The summed E-state index contributed by atoms with van der Waals surface area (Å²) in [7, 11) is 0. The first kappa shape index (κ1) is 19.6. The maximum atomic E-state index is 13.0. The molecule has 2 heterocycles. The van der Waals surface area contributed by atoms with Crippen molar-refractivity contribution in [3.8, 4) is 0 Å². The van der Waals surface area contributed by atoms with Gasteiger partial charge in [0.2, 0.25) is 17.7 Å². The molecule has 5 atom stereocenters. The first-order chi connectivity index (χ1) is 12.6. The summed E-state index contributed by atoms with van der Waals surface area (Å²) < 4.78 is 0. The van der Waals surface area contributed by atoms with E-state index in [1.165, 1.54) is 4.90 Å². The number of carbonyl (C=O) groups excluding carboxylic acids is 4. The van der Waals surface area contributed by atoms with Gasteiger partial charge in [-0.05, 0) is 30.1 Å². The molecule has 0 aromatic rings. The van der Waals surface area contributed by atoms with Crippen LogP contribution in [0, 0.1) is 23.2 Å². The van der Waals surface area contributed by atoms with Crippen molar-refractivity contribution in [2.24, 2.45) is 40.4 Å². The maximum absolute atomic E-state index is 13.0. The highest BCUT2D eigenvalue weighted by molar-refractivity contribution is 5.94. The molecular weight excluding hydrogens is 352 g/mol. The number of nitrogens with one attached hydrogen (secondary N) is 2. The second-order valence-electron chi connectivity index (χ2n) is 8.39. The van der Waals surface area contributed by atoms with Gasteiger partial charge in [0.25, 0.3) is 5.91 Å². The smallest absolute Gasteiger partial charge is 0.254 e. The van der Waals surface area contributed by atoms with Crippen LogP contribution in [-0.2, 0) is 19.2 Å². The van der Waals surface area contributed by atoms with Gasteiger partial charge in [0.15, 0.2) is 0 Å². The van der Waals surface area contributed by atoms with E-state index in [-0.39, 0.29) is 35.5 Å². The molecule has 4 amide bonds. The molecule has 0 radical (unpaired) electrons. The van der Waals surface area contributed by atoms with Gasteiger partial charge in [0, 0.05) is 19.0 Å². The van der Waals surface area contributed by atoms with Crippen molar-refractivity contribution in [1.82, 2.24) is 15.5 Å². The second kappa shape index (κ2) is 6.75. The molecule has 3 fully saturated rings.